The maximum Gasteiger partial charge on any atom is 0.190 e. The molecule has 124 valence electrons. The minimum Gasteiger partial charge on any atom is -0.314 e. The lowest BCUT2D eigenvalue weighted by Gasteiger charge is -2.16. The van der Waals surface area contributed by atoms with Gasteiger partial charge in [-0.2, -0.15) is 0 Å². The molecule has 3 nitrogen and oxygen atoms in total. The van der Waals surface area contributed by atoms with E-state index in [1.807, 2.05) is 30.3 Å². The van der Waals surface area contributed by atoms with Crippen LogP contribution in [0.3, 0.4) is 0 Å². The molecule has 0 saturated heterocycles. The Hall–Kier alpha value is -1.62. The molecule has 1 unspecified atom stereocenters. The van der Waals surface area contributed by atoms with Gasteiger partial charge in [-0.1, -0.05) is 36.2 Å². The van der Waals surface area contributed by atoms with Crippen LogP contribution in [-0.2, 0) is 0 Å². The molecular formula is C18H17Cl2N3S. The molecule has 24 heavy (non-hydrogen) atoms. The van der Waals surface area contributed by atoms with Crippen LogP contribution in [0.15, 0.2) is 53.1 Å². The van der Waals surface area contributed by atoms with E-state index in [0.29, 0.717) is 16.1 Å². The predicted molar refractivity (Wildman–Crippen MR) is 102 cm³/mol. The maximum absolute atomic E-state index is 6.20. The summed E-state index contributed by atoms with van der Waals surface area (Å²) >= 11 is 13.9. The number of pyridine rings is 1. The smallest absolute Gasteiger partial charge is 0.190 e. The molecule has 3 aromatic rings. The summed E-state index contributed by atoms with van der Waals surface area (Å²) in [6, 6.07) is 9.88. The van der Waals surface area contributed by atoms with Crippen LogP contribution < -0.4 is 4.80 Å². The van der Waals surface area contributed by atoms with Crippen LogP contribution in [0.1, 0.15) is 26.3 Å². The summed E-state index contributed by atoms with van der Waals surface area (Å²) in [5.41, 5.74) is 2.97. The first-order valence-corrected chi connectivity index (χ1v) is 9.34. The van der Waals surface area contributed by atoms with Gasteiger partial charge in [-0.15, -0.1) is 11.3 Å². The van der Waals surface area contributed by atoms with Crippen LogP contribution in [0.2, 0.25) is 10.0 Å². The van der Waals surface area contributed by atoms with E-state index >= 15 is 0 Å². The fraction of sp³-hybridized carbons (Fsp3) is 0.222. The molecule has 0 amide bonds. The quantitative estimate of drug-likeness (QED) is 0.538. The van der Waals surface area contributed by atoms with Crippen molar-refractivity contribution in [3.8, 4) is 11.3 Å². The number of nitrogens with zero attached hydrogens (tertiary/aromatic N) is 3. The summed E-state index contributed by atoms with van der Waals surface area (Å²) in [5, 5.41) is 3.23. The van der Waals surface area contributed by atoms with E-state index in [4.69, 9.17) is 28.2 Å². The summed E-state index contributed by atoms with van der Waals surface area (Å²) < 4.78 is 2.25. The summed E-state index contributed by atoms with van der Waals surface area (Å²) in [7, 11) is 0. The highest BCUT2D eigenvalue weighted by Gasteiger charge is 2.14. The minimum absolute atomic E-state index is 0.316. The van der Waals surface area contributed by atoms with Crippen molar-refractivity contribution in [2.45, 2.75) is 26.3 Å². The molecule has 0 spiro atoms. The van der Waals surface area contributed by atoms with Crippen molar-refractivity contribution in [3.05, 3.63) is 63.0 Å². The highest BCUT2D eigenvalue weighted by molar-refractivity contribution is 7.07. The lowest BCUT2D eigenvalue weighted by Crippen LogP contribution is -2.19. The molecule has 1 aromatic carbocycles. The lowest BCUT2D eigenvalue weighted by atomic mass is 10.1. The van der Waals surface area contributed by atoms with Gasteiger partial charge in [-0.3, -0.25) is 4.98 Å². The van der Waals surface area contributed by atoms with Gasteiger partial charge in [-0.25, -0.2) is 4.99 Å². The number of thiazole rings is 1. The van der Waals surface area contributed by atoms with E-state index in [1.165, 1.54) is 0 Å². The van der Waals surface area contributed by atoms with Crippen LogP contribution in [0.4, 0.5) is 5.69 Å². The Balaban J connectivity index is 2.17. The highest BCUT2D eigenvalue weighted by Crippen LogP contribution is 2.30. The number of halogens is 2. The van der Waals surface area contributed by atoms with E-state index < -0.39 is 0 Å². The monoisotopic (exact) mass is 377 g/mol. The van der Waals surface area contributed by atoms with Crippen LogP contribution in [0.5, 0.6) is 0 Å². The number of rotatable bonds is 4. The second kappa shape index (κ2) is 7.51. The van der Waals surface area contributed by atoms with Crippen molar-refractivity contribution in [3.63, 3.8) is 0 Å². The van der Waals surface area contributed by atoms with Crippen molar-refractivity contribution in [2.24, 2.45) is 4.99 Å². The van der Waals surface area contributed by atoms with Gasteiger partial charge in [0.1, 0.15) is 0 Å². The number of hydrogen-bond donors (Lipinski definition) is 0. The first-order chi connectivity index (χ1) is 11.6. The molecule has 0 fully saturated rings. The van der Waals surface area contributed by atoms with Gasteiger partial charge < -0.3 is 4.57 Å². The molecule has 2 aromatic heterocycles. The van der Waals surface area contributed by atoms with Gasteiger partial charge in [0.15, 0.2) is 4.80 Å². The third-order valence-electron chi connectivity index (χ3n) is 3.86. The fourth-order valence-corrected chi connectivity index (χ4v) is 3.72. The Bertz CT molecular complexity index is 900. The standard InChI is InChI=1S/C18H17Cl2N3S/c1-3-12(2)23-17(13-6-7-15(19)16(20)9-13)11-24-18(23)22-14-5-4-8-21-10-14/h4-12H,3H2,1-2H3. The fourth-order valence-electron chi connectivity index (χ4n) is 2.41. The van der Waals surface area contributed by atoms with Crippen molar-refractivity contribution in [1.29, 1.82) is 0 Å². The molecule has 0 aliphatic heterocycles. The zero-order chi connectivity index (χ0) is 17.1. The Morgan fingerprint density at radius 3 is 2.75 bits per heavy atom. The Morgan fingerprint density at radius 1 is 1.25 bits per heavy atom. The van der Waals surface area contributed by atoms with Gasteiger partial charge in [0.2, 0.25) is 0 Å². The molecule has 0 radical (unpaired) electrons. The van der Waals surface area contributed by atoms with Gasteiger partial charge in [-0.05, 0) is 37.6 Å². The van der Waals surface area contributed by atoms with E-state index in [2.05, 4.69) is 28.8 Å². The SMILES string of the molecule is CCC(C)n1c(-c2ccc(Cl)c(Cl)c2)csc1=Nc1cccnc1. The largest absolute Gasteiger partial charge is 0.314 e. The van der Waals surface area contributed by atoms with Gasteiger partial charge in [0.05, 0.1) is 27.6 Å². The van der Waals surface area contributed by atoms with E-state index in [0.717, 1.165) is 28.2 Å². The zero-order valence-corrected chi connectivity index (χ0v) is 15.7. The number of hydrogen-bond acceptors (Lipinski definition) is 3. The minimum atomic E-state index is 0.316. The van der Waals surface area contributed by atoms with Gasteiger partial charge in [0.25, 0.3) is 0 Å². The van der Waals surface area contributed by atoms with Crippen LogP contribution in [0.25, 0.3) is 11.3 Å². The van der Waals surface area contributed by atoms with Crippen molar-refractivity contribution >= 4 is 40.2 Å². The highest BCUT2D eigenvalue weighted by atomic mass is 35.5. The van der Waals surface area contributed by atoms with Gasteiger partial charge >= 0.3 is 0 Å². The third kappa shape index (κ3) is 3.56. The molecule has 6 heteroatoms. The first-order valence-electron chi connectivity index (χ1n) is 7.70. The molecule has 1 atom stereocenters. The van der Waals surface area contributed by atoms with Crippen LogP contribution >= 0.6 is 34.5 Å². The topological polar surface area (TPSA) is 30.2 Å². The normalized spacial score (nSPS) is 13.2. The average Bonchev–Trinajstić information content (AvgIpc) is 3.01. The van der Waals surface area contributed by atoms with Crippen molar-refractivity contribution in [2.75, 3.05) is 0 Å². The summed E-state index contributed by atoms with van der Waals surface area (Å²) in [6.07, 6.45) is 4.52. The molecular weight excluding hydrogens is 361 g/mol. The Labute approximate surface area is 155 Å². The zero-order valence-electron chi connectivity index (χ0n) is 13.4. The van der Waals surface area contributed by atoms with Crippen molar-refractivity contribution in [1.82, 2.24) is 9.55 Å². The van der Waals surface area contributed by atoms with Crippen molar-refractivity contribution < 1.29 is 0 Å². The van der Waals surface area contributed by atoms with Crippen LogP contribution in [-0.4, -0.2) is 9.55 Å². The number of aromatic nitrogens is 2. The Morgan fingerprint density at radius 2 is 2.08 bits per heavy atom. The lowest BCUT2D eigenvalue weighted by molar-refractivity contribution is 0.524. The third-order valence-corrected chi connectivity index (χ3v) is 5.44. The molecule has 3 rings (SSSR count). The van der Waals surface area contributed by atoms with Crippen LogP contribution in [0, 0.1) is 0 Å². The molecule has 0 aliphatic rings. The second-order valence-electron chi connectivity index (χ2n) is 5.48. The molecule has 0 N–H and O–H groups in total. The first kappa shape index (κ1) is 17.2. The predicted octanol–water partition coefficient (Wildman–Crippen LogP) is 6.12. The maximum atomic E-state index is 6.20. The second-order valence-corrected chi connectivity index (χ2v) is 7.13. The summed E-state index contributed by atoms with van der Waals surface area (Å²) in [5.74, 6) is 0. The Kier molecular flexibility index (Phi) is 5.39. The molecule has 0 bridgehead atoms. The van der Waals surface area contributed by atoms with E-state index in [1.54, 1.807) is 23.7 Å². The molecule has 0 aliphatic carbocycles. The number of benzene rings is 1. The van der Waals surface area contributed by atoms with E-state index in [-0.39, 0.29) is 0 Å². The summed E-state index contributed by atoms with van der Waals surface area (Å²) in [6.45, 7) is 4.36. The summed E-state index contributed by atoms with van der Waals surface area (Å²) in [4.78, 5) is 9.83. The molecule has 0 saturated carbocycles. The van der Waals surface area contributed by atoms with Gasteiger partial charge in [0, 0.05) is 23.2 Å². The average molecular weight is 378 g/mol. The molecule has 2 heterocycles. The van der Waals surface area contributed by atoms with E-state index in [9.17, 15) is 0 Å².